The standard InChI is InChI=1S/C20H19N5O2S/c1-3-18(26)25-6-4-14(5-7-25)16-8-15(10-22-11-16)13(2)19(27)24-20-23-12-17(9-21)28-20/h3-4,8,10-13H,1,5-7H2,2H3,(H,23,24,27). The van der Waals surface area contributed by atoms with Crippen LogP contribution in [0.4, 0.5) is 5.13 Å². The normalized spacial score (nSPS) is 14.6. The second kappa shape index (κ2) is 8.59. The summed E-state index contributed by atoms with van der Waals surface area (Å²) < 4.78 is 0. The maximum absolute atomic E-state index is 12.5. The third-order valence-electron chi connectivity index (χ3n) is 4.56. The summed E-state index contributed by atoms with van der Waals surface area (Å²) in [5.41, 5.74) is 2.84. The summed E-state index contributed by atoms with van der Waals surface area (Å²) >= 11 is 1.14. The van der Waals surface area contributed by atoms with Crippen molar-refractivity contribution in [2.45, 2.75) is 19.3 Å². The Hall–Kier alpha value is -3.31. The van der Waals surface area contributed by atoms with E-state index in [0.29, 0.717) is 23.1 Å². The summed E-state index contributed by atoms with van der Waals surface area (Å²) in [5, 5.41) is 12.0. The van der Waals surface area contributed by atoms with Gasteiger partial charge < -0.3 is 10.2 Å². The highest BCUT2D eigenvalue weighted by Crippen LogP contribution is 2.26. The Morgan fingerprint density at radius 1 is 1.43 bits per heavy atom. The lowest BCUT2D eigenvalue weighted by Crippen LogP contribution is -2.33. The van der Waals surface area contributed by atoms with Crippen molar-refractivity contribution >= 4 is 33.9 Å². The molecular formula is C20H19N5O2S. The fourth-order valence-corrected chi connectivity index (χ4v) is 3.50. The Labute approximate surface area is 167 Å². The van der Waals surface area contributed by atoms with Crippen LogP contribution in [0.15, 0.2) is 43.4 Å². The number of hydrogen-bond acceptors (Lipinski definition) is 6. The van der Waals surface area contributed by atoms with Crippen molar-refractivity contribution in [2.75, 3.05) is 18.4 Å². The lowest BCUT2D eigenvalue weighted by atomic mass is 9.95. The van der Waals surface area contributed by atoms with Crippen molar-refractivity contribution in [3.05, 3.63) is 59.4 Å². The lowest BCUT2D eigenvalue weighted by Gasteiger charge is -2.25. The van der Waals surface area contributed by atoms with Crippen molar-refractivity contribution in [1.82, 2.24) is 14.9 Å². The molecule has 7 nitrogen and oxygen atoms in total. The molecule has 8 heteroatoms. The first-order valence-corrected chi connectivity index (χ1v) is 9.56. The highest BCUT2D eigenvalue weighted by molar-refractivity contribution is 7.16. The number of nitrogens with one attached hydrogen (secondary N) is 1. The monoisotopic (exact) mass is 393 g/mol. The minimum Gasteiger partial charge on any atom is -0.335 e. The Morgan fingerprint density at radius 3 is 2.89 bits per heavy atom. The number of nitriles is 1. The number of amides is 2. The van der Waals surface area contributed by atoms with Crippen LogP contribution in [-0.4, -0.2) is 39.8 Å². The molecule has 0 saturated carbocycles. The summed E-state index contributed by atoms with van der Waals surface area (Å²) in [4.78, 5) is 34.7. The summed E-state index contributed by atoms with van der Waals surface area (Å²) in [5.74, 6) is -0.711. The Bertz CT molecular complexity index is 988. The molecule has 1 atom stereocenters. The van der Waals surface area contributed by atoms with Gasteiger partial charge in [0, 0.05) is 25.5 Å². The van der Waals surface area contributed by atoms with E-state index in [-0.39, 0.29) is 11.8 Å². The van der Waals surface area contributed by atoms with Crippen LogP contribution in [0.25, 0.3) is 5.57 Å². The zero-order chi connectivity index (χ0) is 20.1. The van der Waals surface area contributed by atoms with E-state index in [1.807, 2.05) is 18.2 Å². The smallest absolute Gasteiger partial charge is 0.246 e. The van der Waals surface area contributed by atoms with E-state index >= 15 is 0 Å². The van der Waals surface area contributed by atoms with E-state index in [9.17, 15) is 9.59 Å². The van der Waals surface area contributed by atoms with Crippen LogP contribution in [0.1, 0.15) is 35.3 Å². The average molecular weight is 393 g/mol. The number of rotatable bonds is 5. The summed E-state index contributed by atoms with van der Waals surface area (Å²) in [6.45, 7) is 6.48. The Morgan fingerprint density at radius 2 is 2.25 bits per heavy atom. The average Bonchev–Trinajstić information content (AvgIpc) is 3.20. The van der Waals surface area contributed by atoms with Gasteiger partial charge in [0.2, 0.25) is 11.8 Å². The number of carbonyl (C=O) groups excluding carboxylic acids is 2. The van der Waals surface area contributed by atoms with Crippen molar-refractivity contribution in [2.24, 2.45) is 0 Å². The van der Waals surface area contributed by atoms with Crippen LogP contribution in [0, 0.1) is 11.3 Å². The van der Waals surface area contributed by atoms with Gasteiger partial charge >= 0.3 is 0 Å². The minimum atomic E-state index is -0.426. The van der Waals surface area contributed by atoms with Crippen LogP contribution >= 0.6 is 11.3 Å². The second-order valence-corrected chi connectivity index (χ2v) is 7.36. The largest absolute Gasteiger partial charge is 0.335 e. The lowest BCUT2D eigenvalue weighted by molar-refractivity contribution is -0.125. The molecule has 28 heavy (non-hydrogen) atoms. The summed E-state index contributed by atoms with van der Waals surface area (Å²) in [6.07, 6.45) is 8.93. The maximum Gasteiger partial charge on any atom is 0.246 e. The van der Waals surface area contributed by atoms with Crippen molar-refractivity contribution in [3.63, 3.8) is 0 Å². The number of hydrogen-bond donors (Lipinski definition) is 1. The highest BCUT2D eigenvalue weighted by Gasteiger charge is 2.20. The first-order valence-electron chi connectivity index (χ1n) is 8.74. The van der Waals surface area contributed by atoms with Crippen LogP contribution in [0.5, 0.6) is 0 Å². The third-order valence-corrected chi connectivity index (χ3v) is 5.38. The van der Waals surface area contributed by atoms with Gasteiger partial charge in [0.25, 0.3) is 0 Å². The van der Waals surface area contributed by atoms with Crippen molar-refractivity contribution < 1.29 is 9.59 Å². The van der Waals surface area contributed by atoms with E-state index in [2.05, 4.69) is 21.9 Å². The number of pyridine rings is 1. The molecule has 1 aliphatic heterocycles. The predicted molar refractivity (Wildman–Crippen MR) is 107 cm³/mol. The molecule has 2 aromatic rings. The number of thiazole rings is 1. The molecule has 0 fully saturated rings. The van der Waals surface area contributed by atoms with E-state index < -0.39 is 5.92 Å². The molecule has 1 unspecified atom stereocenters. The third kappa shape index (κ3) is 4.32. The second-order valence-electron chi connectivity index (χ2n) is 6.33. The van der Waals surface area contributed by atoms with Crippen LogP contribution < -0.4 is 5.32 Å². The molecule has 3 heterocycles. The van der Waals surface area contributed by atoms with Gasteiger partial charge in [-0.2, -0.15) is 5.26 Å². The summed E-state index contributed by atoms with van der Waals surface area (Å²) in [6, 6.07) is 3.95. The number of carbonyl (C=O) groups is 2. The molecular weight excluding hydrogens is 374 g/mol. The zero-order valence-corrected chi connectivity index (χ0v) is 16.2. The van der Waals surface area contributed by atoms with E-state index in [1.54, 1.807) is 24.2 Å². The maximum atomic E-state index is 12.5. The zero-order valence-electron chi connectivity index (χ0n) is 15.4. The first kappa shape index (κ1) is 19.5. The predicted octanol–water partition coefficient (Wildman–Crippen LogP) is 2.95. The number of nitrogens with zero attached hydrogens (tertiary/aromatic N) is 4. The fraction of sp³-hybridized carbons (Fsp3) is 0.250. The van der Waals surface area contributed by atoms with Gasteiger partial charge in [-0.25, -0.2) is 4.98 Å². The molecule has 0 radical (unpaired) electrons. The topological polar surface area (TPSA) is 99.0 Å². The summed E-state index contributed by atoms with van der Waals surface area (Å²) in [7, 11) is 0. The highest BCUT2D eigenvalue weighted by atomic mass is 32.1. The van der Waals surface area contributed by atoms with Gasteiger partial charge in [0.05, 0.1) is 12.1 Å². The van der Waals surface area contributed by atoms with Crippen LogP contribution in [0.2, 0.25) is 0 Å². The van der Waals surface area contributed by atoms with Gasteiger partial charge in [0.1, 0.15) is 10.9 Å². The van der Waals surface area contributed by atoms with Gasteiger partial charge in [-0.15, -0.1) is 0 Å². The molecule has 3 rings (SSSR count). The molecule has 2 amide bonds. The van der Waals surface area contributed by atoms with Gasteiger partial charge in [0.15, 0.2) is 5.13 Å². The minimum absolute atomic E-state index is 0.0748. The molecule has 0 spiro atoms. The molecule has 0 saturated heterocycles. The molecule has 1 N–H and O–H groups in total. The van der Waals surface area contributed by atoms with E-state index in [4.69, 9.17) is 5.26 Å². The Kier molecular flexibility index (Phi) is 5.96. The van der Waals surface area contributed by atoms with E-state index in [0.717, 1.165) is 34.5 Å². The molecule has 1 aliphatic rings. The number of aromatic nitrogens is 2. The van der Waals surface area contributed by atoms with Crippen molar-refractivity contribution in [1.29, 1.82) is 5.26 Å². The quantitative estimate of drug-likeness (QED) is 0.788. The molecule has 0 aromatic carbocycles. The molecule has 0 bridgehead atoms. The Balaban J connectivity index is 1.71. The van der Waals surface area contributed by atoms with E-state index in [1.165, 1.54) is 12.3 Å². The van der Waals surface area contributed by atoms with Crippen LogP contribution in [0.3, 0.4) is 0 Å². The van der Waals surface area contributed by atoms with Gasteiger partial charge in [-0.3, -0.25) is 14.6 Å². The first-order chi connectivity index (χ1) is 13.5. The van der Waals surface area contributed by atoms with Crippen LogP contribution in [-0.2, 0) is 9.59 Å². The fourth-order valence-electron chi connectivity index (χ4n) is 2.88. The molecule has 2 aromatic heterocycles. The number of anilines is 1. The molecule has 142 valence electrons. The van der Waals surface area contributed by atoms with Gasteiger partial charge in [-0.1, -0.05) is 24.0 Å². The van der Waals surface area contributed by atoms with Crippen molar-refractivity contribution in [3.8, 4) is 6.07 Å². The van der Waals surface area contributed by atoms with Gasteiger partial charge in [-0.05, 0) is 42.2 Å². The SMILES string of the molecule is C=CC(=O)N1CC=C(c2cncc(C(C)C(=O)Nc3ncc(C#N)s3)c2)CC1. The molecule has 0 aliphatic carbocycles.